The van der Waals surface area contributed by atoms with Crippen LogP contribution in [0.2, 0.25) is 4.34 Å². The number of hydrogen-bond acceptors (Lipinski definition) is 4. The van der Waals surface area contributed by atoms with Gasteiger partial charge >= 0.3 is 0 Å². The zero-order valence-electron chi connectivity index (χ0n) is 11.4. The number of rotatable bonds is 5. The lowest BCUT2D eigenvalue weighted by molar-refractivity contribution is -0.120. The molecule has 9 heteroatoms. The molecule has 0 aliphatic carbocycles. The predicted molar refractivity (Wildman–Crippen MR) is 79.8 cm³/mol. The van der Waals surface area contributed by atoms with Crippen LogP contribution in [0.3, 0.4) is 0 Å². The predicted octanol–water partition coefficient (Wildman–Crippen LogP) is 2.03. The maximum Gasteiger partial charge on any atom is 0.253 e. The van der Waals surface area contributed by atoms with E-state index in [-0.39, 0.29) is 29.6 Å². The van der Waals surface area contributed by atoms with Crippen LogP contribution in [-0.4, -0.2) is 43.9 Å². The Hall–Kier alpha value is -0.700. The number of alkyl halides is 1. The van der Waals surface area contributed by atoms with Crippen molar-refractivity contribution < 1.29 is 17.6 Å². The van der Waals surface area contributed by atoms with Crippen LogP contribution in [0.15, 0.2) is 16.3 Å². The molecule has 1 aromatic heterocycles. The van der Waals surface area contributed by atoms with Gasteiger partial charge in [0.15, 0.2) is 0 Å². The average Bonchev–Trinajstić information content (AvgIpc) is 3.02. The summed E-state index contributed by atoms with van der Waals surface area (Å²) in [7, 11) is -3.78. The Kier molecular flexibility index (Phi) is 5.24. The molecular formula is C12H16ClFN2O3S2. The summed E-state index contributed by atoms with van der Waals surface area (Å²) >= 11 is 6.70. The zero-order valence-corrected chi connectivity index (χ0v) is 13.8. The molecule has 118 valence electrons. The van der Waals surface area contributed by atoms with Crippen LogP contribution in [0.25, 0.3) is 0 Å². The Morgan fingerprint density at radius 3 is 2.86 bits per heavy atom. The molecule has 0 aromatic carbocycles. The first-order valence-electron chi connectivity index (χ1n) is 6.52. The van der Waals surface area contributed by atoms with Crippen molar-refractivity contribution in [3.63, 3.8) is 0 Å². The van der Waals surface area contributed by atoms with E-state index in [9.17, 15) is 17.6 Å². The topological polar surface area (TPSA) is 66.5 Å². The molecule has 0 bridgehead atoms. The van der Waals surface area contributed by atoms with Gasteiger partial charge in [0.25, 0.3) is 10.0 Å². The lowest BCUT2D eigenvalue weighted by Crippen LogP contribution is -2.42. The fourth-order valence-corrected chi connectivity index (χ4v) is 5.49. The average molecular weight is 355 g/mol. The van der Waals surface area contributed by atoms with Crippen LogP contribution >= 0.6 is 22.9 Å². The molecule has 5 nitrogen and oxygen atoms in total. The first-order chi connectivity index (χ1) is 9.84. The largest absolute Gasteiger partial charge is 0.355 e. The van der Waals surface area contributed by atoms with E-state index < -0.39 is 22.2 Å². The summed E-state index contributed by atoms with van der Waals surface area (Å²) in [5, 5.41) is 2.62. The molecule has 1 aliphatic rings. The fraction of sp³-hybridized carbons (Fsp3) is 0.583. The molecule has 0 radical (unpaired) electrons. The van der Waals surface area contributed by atoms with Gasteiger partial charge in [0, 0.05) is 25.6 Å². The van der Waals surface area contributed by atoms with Crippen molar-refractivity contribution in [1.82, 2.24) is 9.62 Å². The molecular weight excluding hydrogens is 339 g/mol. The third-order valence-corrected chi connectivity index (χ3v) is 6.90. The number of carbonyl (C=O) groups excluding carboxylic acids is 1. The van der Waals surface area contributed by atoms with E-state index in [1.807, 2.05) is 0 Å². The molecule has 1 saturated heterocycles. The molecule has 1 aromatic rings. The highest BCUT2D eigenvalue weighted by molar-refractivity contribution is 7.91. The normalized spacial score (nSPS) is 23.4. The number of sulfonamides is 1. The molecule has 21 heavy (non-hydrogen) atoms. The monoisotopic (exact) mass is 354 g/mol. The van der Waals surface area contributed by atoms with Crippen LogP contribution in [0.1, 0.15) is 19.8 Å². The number of thiophene rings is 1. The second kappa shape index (κ2) is 6.60. The summed E-state index contributed by atoms with van der Waals surface area (Å²) in [5.74, 6) is -0.186. The highest BCUT2D eigenvalue weighted by Gasteiger charge is 2.41. The minimum atomic E-state index is -3.78. The third kappa shape index (κ3) is 3.74. The molecule has 2 rings (SSSR count). The van der Waals surface area contributed by atoms with E-state index in [4.69, 9.17) is 11.6 Å². The third-order valence-electron chi connectivity index (χ3n) is 3.28. The van der Waals surface area contributed by atoms with Crippen molar-refractivity contribution in [2.75, 3.05) is 13.1 Å². The second-order valence-electron chi connectivity index (χ2n) is 4.78. The highest BCUT2D eigenvalue weighted by atomic mass is 35.5. The molecule has 0 spiro atoms. The summed E-state index contributed by atoms with van der Waals surface area (Å²) < 4.78 is 40.2. The first kappa shape index (κ1) is 16.7. The Balaban J connectivity index is 2.17. The van der Waals surface area contributed by atoms with Gasteiger partial charge in [0.2, 0.25) is 5.91 Å². The molecule has 1 fully saturated rings. The van der Waals surface area contributed by atoms with Crippen LogP contribution in [-0.2, 0) is 14.8 Å². The summed E-state index contributed by atoms with van der Waals surface area (Å²) in [6.07, 6.45) is -0.833. The quantitative estimate of drug-likeness (QED) is 0.879. The van der Waals surface area contributed by atoms with Gasteiger partial charge in [-0.3, -0.25) is 4.79 Å². The molecule has 1 N–H and O–H groups in total. The maximum atomic E-state index is 13.6. The van der Waals surface area contributed by atoms with Gasteiger partial charge in [-0.2, -0.15) is 4.31 Å². The van der Waals surface area contributed by atoms with Crippen molar-refractivity contribution >= 4 is 38.9 Å². The van der Waals surface area contributed by atoms with Crippen LogP contribution in [0.4, 0.5) is 4.39 Å². The van der Waals surface area contributed by atoms with Gasteiger partial charge in [-0.25, -0.2) is 12.8 Å². The van der Waals surface area contributed by atoms with Gasteiger partial charge in [-0.05, 0) is 18.6 Å². The zero-order chi connectivity index (χ0) is 15.6. The van der Waals surface area contributed by atoms with Crippen molar-refractivity contribution in [2.45, 2.75) is 36.2 Å². The van der Waals surface area contributed by atoms with E-state index in [1.165, 1.54) is 12.1 Å². The molecule has 2 atom stereocenters. The van der Waals surface area contributed by atoms with E-state index in [2.05, 4.69) is 5.32 Å². The Labute approximate surface area is 132 Å². The van der Waals surface area contributed by atoms with Gasteiger partial charge in [0.1, 0.15) is 10.4 Å². The van der Waals surface area contributed by atoms with Gasteiger partial charge in [-0.1, -0.05) is 18.5 Å². The van der Waals surface area contributed by atoms with Crippen molar-refractivity contribution in [1.29, 1.82) is 0 Å². The van der Waals surface area contributed by atoms with Crippen molar-refractivity contribution in [2.24, 2.45) is 0 Å². The molecule has 1 aliphatic heterocycles. The lowest BCUT2D eigenvalue weighted by atomic mass is 10.2. The van der Waals surface area contributed by atoms with E-state index in [1.54, 1.807) is 6.92 Å². The number of halogens is 2. The Bertz CT molecular complexity index is 620. The van der Waals surface area contributed by atoms with E-state index >= 15 is 0 Å². The van der Waals surface area contributed by atoms with Crippen molar-refractivity contribution in [3.05, 3.63) is 16.5 Å². The van der Waals surface area contributed by atoms with Gasteiger partial charge < -0.3 is 5.32 Å². The van der Waals surface area contributed by atoms with Crippen LogP contribution < -0.4 is 5.32 Å². The number of nitrogens with one attached hydrogen (secondary N) is 1. The summed E-state index contributed by atoms with van der Waals surface area (Å²) in [5.41, 5.74) is 0. The number of carbonyl (C=O) groups is 1. The molecule has 0 unspecified atom stereocenters. The maximum absolute atomic E-state index is 13.6. The first-order valence-corrected chi connectivity index (χ1v) is 9.16. The summed E-state index contributed by atoms with van der Waals surface area (Å²) in [6, 6.07) is 2.34. The number of nitrogens with zero attached hydrogens (tertiary/aromatic N) is 1. The molecule has 2 heterocycles. The smallest absolute Gasteiger partial charge is 0.253 e. The number of amides is 1. The minimum absolute atomic E-state index is 0.0856. The summed E-state index contributed by atoms with van der Waals surface area (Å²) in [4.78, 5) is 11.3. The van der Waals surface area contributed by atoms with Crippen LogP contribution in [0, 0.1) is 0 Å². The van der Waals surface area contributed by atoms with Gasteiger partial charge in [-0.15, -0.1) is 11.3 Å². The highest BCUT2D eigenvalue weighted by Crippen LogP contribution is 2.32. The standard InChI is InChI=1S/C12H16ClFN2O3S2/c1-2-11(17)15-6-9-5-8(14)7-16(9)21(18,19)12-4-3-10(13)20-12/h3-4,8-9H,2,5-7H2,1H3,(H,15,17)/t8-,9-/m0/s1. The fourth-order valence-electron chi connectivity index (χ4n) is 2.22. The Morgan fingerprint density at radius 1 is 1.57 bits per heavy atom. The minimum Gasteiger partial charge on any atom is -0.355 e. The van der Waals surface area contributed by atoms with Gasteiger partial charge in [0.05, 0.1) is 4.34 Å². The van der Waals surface area contributed by atoms with E-state index in [0.717, 1.165) is 15.6 Å². The molecule has 1 amide bonds. The summed E-state index contributed by atoms with van der Waals surface area (Å²) in [6.45, 7) is 1.63. The van der Waals surface area contributed by atoms with Crippen LogP contribution in [0.5, 0.6) is 0 Å². The molecule has 0 saturated carbocycles. The Morgan fingerprint density at radius 2 is 2.29 bits per heavy atom. The second-order valence-corrected chi connectivity index (χ2v) is 8.61. The SMILES string of the molecule is CCC(=O)NC[C@@H]1C[C@H](F)CN1S(=O)(=O)c1ccc(Cl)s1. The van der Waals surface area contributed by atoms with E-state index in [0.29, 0.717) is 10.8 Å². The number of hydrogen-bond donors (Lipinski definition) is 1. The van der Waals surface area contributed by atoms with Crippen molar-refractivity contribution in [3.8, 4) is 0 Å². The lowest BCUT2D eigenvalue weighted by Gasteiger charge is -2.23.